The van der Waals surface area contributed by atoms with Crippen molar-refractivity contribution in [1.82, 2.24) is 0 Å². The molecule has 0 aromatic carbocycles. The monoisotopic (exact) mass is 1510 g/mol. The van der Waals surface area contributed by atoms with Gasteiger partial charge in [-0.15, -0.1) is 0 Å². The number of ketones is 4. The second kappa shape index (κ2) is 30.9. The van der Waals surface area contributed by atoms with Gasteiger partial charge in [0.1, 0.15) is 107 Å². The Morgan fingerprint density at radius 3 is 1.28 bits per heavy atom. The maximum Gasteiger partial charge on any atom is 0.187 e. The molecule has 107 heavy (non-hydrogen) atoms. The summed E-state index contributed by atoms with van der Waals surface area (Å²) >= 11 is 0. The van der Waals surface area contributed by atoms with Crippen LogP contribution in [-0.4, -0.2) is 277 Å². The number of fused-ring (bicyclic) bond motifs is 4. The van der Waals surface area contributed by atoms with Crippen molar-refractivity contribution < 1.29 is 148 Å². The second-order valence-electron chi connectivity index (χ2n) is 31.9. The first-order valence-corrected chi connectivity index (χ1v) is 36.3. The van der Waals surface area contributed by atoms with E-state index in [0.717, 1.165) is 12.2 Å². The van der Waals surface area contributed by atoms with Gasteiger partial charge in [-0.3, -0.25) is 28.8 Å². The first kappa shape index (κ1) is 82.4. The van der Waals surface area contributed by atoms with Gasteiger partial charge in [0.15, 0.2) is 60.9 Å². The van der Waals surface area contributed by atoms with Crippen molar-refractivity contribution >= 4 is 35.7 Å². The summed E-state index contributed by atoms with van der Waals surface area (Å²) in [5, 5.41) is 181. The molecule has 11 aliphatic rings. The molecular weight excluding hydrogens is 1400 g/mol. The lowest BCUT2D eigenvalue weighted by molar-refractivity contribution is -0.299. The number of aliphatic hydroxyl groups is 16. The van der Waals surface area contributed by atoms with Crippen LogP contribution in [0.5, 0.6) is 0 Å². The third kappa shape index (κ3) is 13.8. The Hall–Kier alpha value is -5.54. The third-order valence-electron chi connectivity index (χ3n) is 25.0. The van der Waals surface area contributed by atoms with E-state index in [9.17, 15) is 91.3 Å². The highest BCUT2D eigenvalue weighted by Gasteiger charge is 2.69. The number of rotatable bonds is 10. The lowest BCUT2D eigenvalue weighted by Crippen LogP contribution is -2.59. The van der Waals surface area contributed by atoms with Gasteiger partial charge in [-0.25, -0.2) is 0 Å². The van der Waals surface area contributed by atoms with Gasteiger partial charge in [0.25, 0.3) is 0 Å². The van der Waals surface area contributed by atoms with Gasteiger partial charge in [-0.1, -0.05) is 113 Å². The number of allylic oxidation sites excluding steroid dienone is 6. The summed E-state index contributed by atoms with van der Waals surface area (Å²) in [6.07, 6.45) is -12.7. The van der Waals surface area contributed by atoms with Crippen molar-refractivity contribution in [3.05, 3.63) is 119 Å². The number of aldehydes is 2. The van der Waals surface area contributed by atoms with Crippen molar-refractivity contribution in [2.24, 2.45) is 69.5 Å². The lowest BCUT2D eigenvalue weighted by Gasteiger charge is -2.47. The highest BCUT2D eigenvalue weighted by atomic mass is 16.7. The molecule has 0 aromatic heterocycles. The summed E-state index contributed by atoms with van der Waals surface area (Å²) in [4.78, 5) is 87.5. The van der Waals surface area contributed by atoms with Gasteiger partial charge < -0.3 is 120 Å². The molecule has 0 unspecified atom stereocenters. The Labute approximate surface area is 617 Å². The first-order chi connectivity index (χ1) is 50.2. The molecule has 5 aliphatic carbocycles. The molecule has 6 saturated heterocycles. The number of Topliss-reactive ketones (excluding diaryl/α,β-unsaturated/α-hetero) is 4. The fourth-order valence-electron chi connectivity index (χ4n) is 18.2. The average molecular weight is 1510 g/mol. The van der Waals surface area contributed by atoms with Gasteiger partial charge >= 0.3 is 0 Å². The van der Waals surface area contributed by atoms with Crippen molar-refractivity contribution in [3.63, 3.8) is 0 Å². The number of ether oxygens (including phenoxy) is 8. The Morgan fingerprint density at radius 2 is 0.832 bits per heavy atom. The Balaban J connectivity index is 1.01. The topological polar surface area (TPSA) is 500 Å². The molecule has 30 nitrogen and oxygen atoms in total. The van der Waals surface area contributed by atoms with E-state index in [-0.39, 0.29) is 61.2 Å². The fraction of sp³-hybridized carbons (Fsp3) is 0.662. The molecule has 6 heterocycles. The quantitative estimate of drug-likeness (QED) is 0.0846. The van der Waals surface area contributed by atoms with E-state index in [1.54, 1.807) is 46.8 Å². The molecule has 0 saturated carbocycles. The highest BCUT2D eigenvalue weighted by molar-refractivity contribution is 5.97. The molecule has 34 atom stereocenters. The minimum Gasteiger partial charge on any atom is -0.394 e. The summed E-state index contributed by atoms with van der Waals surface area (Å²) in [6.45, 7) is 11.8. The van der Waals surface area contributed by atoms with Crippen LogP contribution in [0.2, 0.25) is 0 Å². The average Bonchev–Trinajstić information content (AvgIpc) is 1.59. The van der Waals surface area contributed by atoms with Crippen LogP contribution < -0.4 is 0 Å². The predicted octanol–water partition coefficient (Wildman–Crippen LogP) is -1.82. The van der Waals surface area contributed by atoms with Crippen LogP contribution in [0.3, 0.4) is 0 Å². The Morgan fingerprint density at radius 1 is 0.449 bits per heavy atom. The van der Waals surface area contributed by atoms with Crippen LogP contribution in [0.25, 0.3) is 0 Å². The van der Waals surface area contributed by atoms with Crippen LogP contribution in [0.15, 0.2) is 119 Å². The lowest BCUT2D eigenvalue weighted by atomic mass is 9.59. The van der Waals surface area contributed by atoms with Crippen molar-refractivity contribution in [3.8, 4) is 0 Å². The minimum absolute atomic E-state index is 0.0376. The molecule has 590 valence electrons. The van der Waals surface area contributed by atoms with Crippen LogP contribution in [0.4, 0.5) is 0 Å². The van der Waals surface area contributed by atoms with Gasteiger partial charge in [0.2, 0.25) is 0 Å². The summed E-state index contributed by atoms with van der Waals surface area (Å²) < 4.78 is 48.6. The smallest absolute Gasteiger partial charge is 0.187 e. The Kier molecular flexibility index (Phi) is 23.8. The minimum atomic E-state index is -2.10. The first-order valence-electron chi connectivity index (χ1n) is 36.3. The van der Waals surface area contributed by atoms with Gasteiger partial charge in [0.05, 0.1) is 50.8 Å². The van der Waals surface area contributed by atoms with E-state index in [1.165, 1.54) is 88.5 Å². The highest BCUT2D eigenvalue weighted by Crippen LogP contribution is 2.59. The second-order valence-corrected chi connectivity index (χ2v) is 31.9. The van der Waals surface area contributed by atoms with Gasteiger partial charge in [0, 0.05) is 22.2 Å². The normalized spacial score (nSPS) is 51.3. The largest absolute Gasteiger partial charge is 0.394 e. The zero-order valence-electron chi connectivity index (χ0n) is 60.9. The van der Waals surface area contributed by atoms with E-state index < -0.39 is 239 Å². The standard InChI is InChI=1S/C77H102O30/c1-34-12-10-14-44-20-40(32-100-69-59(90)57(88)55(86)47(30-80)102-69)36(3)21-74(44)61(92)49(65(96)104-74)45(82)15-18-72(8)25-41(28-78)38(5)23-77(72)64(95)52(68(99)107-77)54(85)35(2)13-11-17-71(7)27-43(33-101-70-60(91)58(89)56(87)48(31-81)103-70)39(6)24-75(71)62(93)50(66(97)105-75)46(83)16-19-73(9)26-42(29-79)37(4)22-76(73)63(94)51(53(34)84)67(98)106-76/h10-20,25-29,36-39,44-60,65-70,80-91,96-99H,21-24,30-33H2,1-9H3/b14-10-,17-11-,18-15-,19-16-,34-12-,35-13-/t36-,37+,38+,39-,44+,45+,46+,47+,48+,49-,50-,51-,52-,53-,54+,55-,56-,57-,58-,59+,60+,65+,66+,67-,68+,69-,70-,71-,72+,73-,74+,75+,76+,77+/m0/s1. The molecule has 0 aromatic rings. The molecule has 0 amide bonds. The van der Waals surface area contributed by atoms with Crippen LogP contribution in [-0.2, 0) is 66.7 Å². The predicted molar refractivity (Wildman–Crippen MR) is 368 cm³/mol. The molecule has 4 spiro atoms. The maximum atomic E-state index is 15.6. The van der Waals surface area contributed by atoms with E-state index in [1.807, 2.05) is 0 Å². The molecule has 8 bridgehead atoms. The third-order valence-corrected chi connectivity index (χ3v) is 25.0. The number of carbonyl (C=O) groups excluding carboxylic acids is 6. The number of aliphatic hydroxyl groups excluding tert-OH is 16. The summed E-state index contributed by atoms with van der Waals surface area (Å²) in [5.41, 5.74) is -12.3. The fourth-order valence-corrected chi connectivity index (χ4v) is 18.2. The zero-order valence-corrected chi connectivity index (χ0v) is 60.9. The molecule has 6 fully saturated rings. The summed E-state index contributed by atoms with van der Waals surface area (Å²) in [7, 11) is 0. The van der Waals surface area contributed by atoms with E-state index in [2.05, 4.69) is 0 Å². The molecular formula is C77H102O30. The zero-order chi connectivity index (χ0) is 78.5. The number of carbonyl (C=O) groups is 6. The number of hydrogen-bond acceptors (Lipinski definition) is 30. The van der Waals surface area contributed by atoms with E-state index >= 15 is 19.2 Å². The van der Waals surface area contributed by atoms with E-state index in [4.69, 9.17) is 37.9 Å². The van der Waals surface area contributed by atoms with Crippen LogP contribution in [0.1, 0.15) is 88.0 Å². The molecule has 6 aliphatic heterocycles. The molecule has 0 radical (unpaired) electrons. The summed E-state index contributed by atoms with van der Waals surface area (Å²) in [5.74, 6) is -14.4. The maximum absolute atomic E-state index is 15.6. The van der Waals surface area contributed by atoms with Gasteiger partial charge in [-0.05, 0) is 117 Å². The van der Waals surface area contributed by atoms with Crippen molar-refractivity contribution in [2.45, 2.75) is 221 Å². The SMILES string of the molecule is C/C1=C/C=C\[C@@]2(C)C=C(CO[C@H]3O[C@H](CO)[C@H](O)[C@H](O)[C@H]3O)[C@@H](C)C[C@]23O[C@@H](O)[C@H](C3=O)[C@H](O)/C=C\[C@@]2(C)C=C(C=O)[C@H](C)C[C@]23O[C@H](O)[C@H](C3=O)[C@@H](O)/C(C)=C\C=C/[C@@H]2C=C(CO[C@H]3O[C@H](CO)[C@H](O)[C@H](O)[C@H]3O)[C@@H](C)C[C@@]23O[C@@H](O)[C@H](C3=O)[C@H](O)/C=C\[C@]2(C)C=C(C=O)[C@H](C)C[C@]23O[C@@H](O)[C@H](C3=O)[C@@H]1O. The Bertz CT molecular complexity index is 3750. The molecule has 11 rings (SSSR count). The van der Waals surface area contributed by atoms with Crippen molar-refractivity contribution in [2.75, 3.05) is 26.4 Å². The molecule has 30 heteroatoms. The van der Waals surface area contributed by atoms with Crippen LogP contribution >= 0.6 is 0 Å². The summed E-state index contributed by atoms with van der Waals surface area (Å²) in [6, 6.07) is 0. The van der Waals surface area contributed by atoms with Crippen LogP contribution in [0, 0.1) is 69.5 Å². The number of hydrogen-bond donors (Lipinski definition) is 16. The molecule has 16 N–H and O–H groups in total. The van der Waals surface area contributed by atoms with E-state index in [0.29, 0.717) is 23.7 Å². The van der Waals surface area contributed by atoms with Crippen molar-refractivity contribution in [1.29, 1.82) is 0 Å². The van der Waals surface area contributed by atoms with Gasteiger partial charge in [-0.2, -0.15) is 0 Å².